The molecule has 0 unspecified atom stereocenters. The average Bonchev–Trinajstić information content (AvgIpc) is 2.83. The van der Waals surface area contributed by atoms with E-state index in [0.717, 1.165) is 10.5 Å². The van der Waals surface area contributed by atoms with Gasteiger partial charge in [-0.15, -0.1) is 11.8 Å². The van der Waals surface area contributed by atoms with E-state index < -0.39 is 6.04 Å². The first-order valence-electron chi connectivity index (χ1n) is 10.5. The minimum Gasteiger partial charge on any atom is -0.357 e. The molecule has 1 N–H and O–H groups in total. The monoisotopic (exact) mass is 450 g/mol. The van der Waals surface area contributed by atoms with Gasteiger partial charge in [-0.1, -0.05) is 66.7 Å². The molecule has 0 aromatic heterocycles. The fourth-order valence-corrected chi connectivity index (χ4v) is 4.31. The van der Waals surface area contributed by atoms with Gasteiger partial charge in [0.2, 0.25) is 11.8 Å². The molecule has 3 aromatic rings. The molecule has 166 valence electrons. The molecule has 2 amide bonds. The van der Waals surface area contributed by atoms with Crippen LogP contribution in [-0.2, 0) is 22.6 Å². The summed E-state index contributed by atoms with van der Waals surface area (Å²) < 4.78 is 14.4. The SMILES string of the molecule is CNC(=O)[C@H](Cc1ccccc1)N(Cc1ccccc1F)C(=O)CCSc1ccccc1. The van der Waals surface area contributed by atoms with Crippen LogP contribution >= 0.6 is 11.8 Å². The lowest BCUT2D eigenvalue weighted by molar-refractivity contribution is -0.140. The van der Waals surface area contributed by atoms with Crippen molar-refractivity contribution < 1.29 is 14.0 Å². The van der Waals surface area contributed by atoms with Gasteiger partial charge < -0.3 is 10.2 Å². The van der Waals surface area contributed by atoms with Gasteiger partial charge in [-0.05, 0) is 23.8 Å². The third-order valence-electron chi connectivity index (χ3n) is 5.14. The number of carbonyl (C=O) groups excluding carboxylic acids is 2. The Morgan fingerprint density at radius 1 is 0.938 bits per heavy atom. The standard InChI is InChI=1S/C26H27FN2O2S/c1-28-26(31)24(18-20-10-4-2-5-11-20)29(19-21-12-8-9-15-23(21)27)25(30)16-17-32-22-13-6-3-7-14-22/h2-15,24H,16-19H2,1H3,(H,28,31)/t24-/m0/s1. The van der Waals surface area contributed by atoms with E-state index in [1.165, 1.54) is 11.0 Å². The van der Waals surface area contributed by atoms with Crippen LogP contribution in [0.5, 0.6) is 0 Å². The Morgan fingerprint density at radius 3 is 2.22 bits per heavy atom. The summed E-state index contributed by atoms with van der Waals surface area (Å²) in [4.78, 5) is 28.7. The number of rotatable bonds is 10. The molecule has 0 saturated carbocycles. The maximum Gasteiger partial charge on any atom is 0.242 e. The summed E-state index contributed by atoms with van der Waals surface area (Å²) in [5.74, 6) is -0.266. The van der Waals surface area contributed by atoms with Gasteiger partial charge in [0.25, 0.3) is 0 Å². The van der Waals surface area contributed by atoms with E-state index >= 15 is 0 Å². The first-order chi connectivity index (χ1) is 15.6. The van der Waals surface area contributed by atoms with E-state index in [2.05, 4.69) is 5.32 Å². The highest BCUT2D eigenvalue weighted by atomic mass is 32.2. The molecule has 0 fully saturated rings. The second kappa shape index (κ2) is 12.1. The molecule has 0 aliphatic heterocycles. The molecule has 0 heterocycles. The van der Waals surface area contributed by atoms with Crippen LogP contribution in [0.3, 0.4) is 0 Å². The van der Waals surface area contributed by atoms with Gasteiger partial charge in [-0.25, -0.2) is 4.39 Å². The maximum absolute atomic E-state index is 14.4. The van der Waals surface area contributed by atoms with Crippen LogP contribution in [0.4, 0.5) is 4.39 Å². The molecule has 6 heteroatoms. The van der Waals surface area contributed by atoms with Gasteiger partial charge in [0.1, 0.15) is 11.9 Å². The smallest absolute Gasteiger partial charge is 0.242 e. The van der Waals surface area contributed by atoms with Crippen molar-refractivity contribution in [1.82, 2.24) is 10.2 Å². The second-order valence-corrected chi connectivity index (χ2v) is 8.51. The maximum atomic E-state index is 14.4. The molecule has 3 aromatic carbocycles. The second-order valence-electron chi connectivity index (χ2n) is 7.34. The van der Waals surface area contributed by atoms with Crippen molar-refractivity contribution in [2.45, 2.75) is 30.3 Å². The predicted octanol–water partition coefficient (Wildman–Crippen LogP) is 4.69. The molecule has 4 nitrogen and oxygen atoms in total. The van der Waals surface area contributed by atoms with Crippen molar-refractivity contribution >= 4 is 23.6 Å². The van der Waals surface area contributed by atoms with Crippen LogP contribution in [0, 0.1) is 5.82 Å². The zero-order valence-electron chi connectivity index (χ0n) is 18.0. The third kappa shape index (κ3) is 6.69. The molecule has 0 aliphatic rings. The Morgan fingerprint density at radius 2 is 1.56 bits per heavy atom. The summed E-state index contributed by atoms with van der Waals surface area (Å²) in [6, 6.07) is 25.0. The number of likely N-dealkylation sites (N-methyl/N-ethyl adjacent to an activating group) is 1. The molecule has 32 heavy (non-hydrogen) atoms. The third-order valence-corrected chi connectivity index (χ3v) is 6.16. The number of amides is 2. The van der Waals surface area contributed by atoms with Crippen molar-refractivity contribution in [1.29, 1.82) is 0 Å². The zero-order chi connectivity index (χ0) is 22.8. The summed E-state index contributed by atoms with van der Waals surface area (Å²) in [5.41, 5.74) is 1.32. The van der Waals surface area contributed by atoms with Gasteiger partial charge >= 0.3 is 0 Å². The molecular weight excluding hydrogens is 423 g/mol. The summed E-state index contributed by atoms with van der Waals surface area (Å²) in [5, 5.41) is 2.67. The normalized spacial score (nSPS) is 11.6. The molecule has 0 saturated heterocycles. The first-order valence-corrected chi connectivity index (χ1v) is 11.5. The van der Waals surface area contributed by atoms with Gasteiger partial charge in [0, 0.05) is 42.6 Å². The molecule has 3 rings (SSSR count). The number of hydrogen-bond acceptors (Lipinski definition) is 3. The lowest BCUT2D eigenvalue weighted by atomic mass is 10.0. The van der Waals surface area contributed by atoms with Crippen molar-refractivity contribution in [2.75, 3.05) is 12.8 Å². The predicted molar refractivity (Wildman–Crippen MR) is 127 cm³/mol. The minimum absolute atomic E-state index is 0.0342. The van der Waals surface area contributed by atoms with Crippen molar-refractivity contribution in [3.63, 3.8) is 0 Å². The quantitative estimate of drug-likeness (QED) is 0.456. The largest absolute Gasteiger partial charge is 0.357 e. The lowest BCUT2D eigenvalue weighted by Gasteiger charge is -2.31. The van der Waals surface area contributed by atoms with Crippen molar-refractivity contribution in [3.05, 3.63) is 102 Å². The fourth-order valence-electron chi connectivity index (χ4n) is 3.45. The highest BCUT2D eigenvalue weighted by molar-refractivity contribution is 7.99. The van der Waals surface area contributed by atoms with Crippen LogP contribution in [0.1, 0.15) is 17.5 Å². The van der Waals surface area contributed by atoms with E-state index in [9.17, 15) is 14.0 Å². The van der Waals surface area contributed by atoms with Gasteiger partial charge in [-0.3, -0.25) is 9.59 Å². The van der Waals surface area contributed by atoms with E-state index in [1.807, 2.05) is 60.7 Å². The average molecular weight is 451 g/mol. The Labute approximate surface area is 192 Å². The molecule has 0 aliphatic carbocycles. The van der Waals surface area contributed by atoms with Gasteiger partial charge in [0.05, 0.1) is 0 Å². The van der Waals surface area contributed by atoms with Crippen molar-refractivity contribution in [3.8, 4) is 0 Å². The Hall–Kier alpha value is -3.12. The van der Waals surface area contributed by atoms with Crippen LogP contribution in [0.2, 0.25) is 0 Å². The Balaban J connectivity index is 1.82. The molecule has 0 radical (unpaired) electrons. The molecule has 0 spiro atoms. The summed E-state index contributed by atoms with van der Waals surface area (Å²) in [7, 11) is 1.55. The van der Waals surface area contributed by atoms with E-state index in [1.54, 1.807) is 37.0 Å². The van der Waals surface area contributed by atoms with Crippen LogP contribution in [0.15, 0.2) is 89.8 Å². The van der Waals surface area contributed by atoms with Crippen molar-refractivity contribution in [2.24, 2.45) is 0 Å². The van der Waals surface area contributed by atoms with Crippen LogP contribution in [0.25, 0.3) is 0 Å². The van der Waals surface area contributed by atoms with Gasteiger partial charge in [-0.2, -0.15) is 0 Å². The van der Waals surface area contributed by atoms with E-state index in [0.29, 0.717) is 17.7 Å². The van der Waals surface area contributed by atoms with Gasteiger partial charge in [0.15, 0.2) is 0 Å². The molecule has 1 atom stereocenters. The first kappa shape index (κ1) is 23.5. The van der Waals surface area contributed by atoms with E-state index in [-0.39, 0.29) is 30.6 Å². The minimum atomic E-state index is -0.740. The number of nitrogens with zero attached hydrogens (tertiary/aromatic N) is 1. The number of benzene rings is 3. The van der Waals surface area contributed by atoms with E-state index in [4.69, 9.17) is 0 Å². The highest BCUT2D eigenvalue weighted by Gasteiger charge is 2.30. The summed E-state index contributed by atoms with van der Waals surface area (Å²) in [6.45, 7) is 0.0342. The Bertz CT molecular complexity index is 1010. The molecule has 0 bridgehead atoms. The zero-order valence-corrected chi connectivity index (χ0v) is 18.9. The number of thioether (sulfide) groups is 1. The number of hydrogen-bond donors (Lipinski definition) is 1. The lowest BCUT2D eigenvalue weighted by Crippen LogP contribution is -2.49. The fraction of sp³-hybridized carbons (Fsp3) is 0.231. The Kier molecular flexibility index (Phi) is 8.87. The molecular formula is C26H27FN2O2S. The number of halogens is 1. The number of carbonyl (C=O) groups is 2. The number of nitrogens with one attached hydrogen (secondary N) is 1. The summed E-state index contributed by atoms with van der Waals surface area (Å²) >= 11 is 1.58. The topological polar surface area (TPSA) is 49.4 Å². The summed E-state index contributed by atoms with van der Waals surface area (Å²) in [6.07, 6.45) is 0.600. The highest BCUT2D eigenvalue weighted by Crippen LogP contribution is 2.21. The van der Waals surface area contributed by atoms with Crippen LogP contribution in [-0.4, -0.2) is 35.6 Å². The van der Waals surface area contributed by atoms with Crippen LogP contribution < -0.4 is 5.32 Å².